The molecule has 0 spiro atoms. The smallest absolute Gasteiger partial charge is 0.300 e. The molecule has 1 aliphatic heterocycles. The normalized spacial score (nSPS) is 17.3. The van der Waals surface area contributed by atoms with Crippen LogP contribution >= 0.6 is 11.6 Å². The summed E-state index contributed by atoms with van der Waals surface area (Å²) in [6, 6.07) is 18.2. The van der Waals surface area contributed by atoms with Crippen molar-refractivity contribution in [3.63, 3.8) is 0 Å². The van der Waals surface area contributed by atoms with Gasteiger partial charge in [-0.15, -0.1) is 0 Å². The topological polar surface area (TPSA) is 76.1 Å². The first-order chi connectivity index (χ1) is 15.9. The lowest BCUT2D eigenvalue weighted by molar-refractivity contribution is -0.132. The molecule has 33 heavy (non-hydrogen) atoms. The molecular weight excluding hydrogens is 442 g/mol. The molecule has 0 radical (unpaired) electrons. The number of rotatable bonds is 5. The number of Topliss-reactive ketones (excluding diaryl/α,β-unsaturated/α-hetero) is 1. The molecule has 6 nitrogen and oxygen atoms in total. The molecule has 1 unspecified atom stereocenters. The number of anilines is 1. The molecule has 7 heteroatoms. The average molecular weight is 464 g/mol. The number of aryl methyl sites for hydroxylation is 1. The van der Waals surface area contributed by atoms with Crippen molar-refractivity contribution in [1.82, 2.24) is 0 Å². The van der Waals surface area contributed by atoms with Gasteiger partial charge in [0.2, 0.25) is 0 Å². The average Bonchev–Trinajstić information content (AvgIpc) is 3.09. The van der Waals surface area contributed by atoms with E-state index in [1.807, 2.05) is 31.2 Å². The number of halogens is 1. The number of amides is 1. The Morgan fingerprint density at radius 3 is 2.12 bits per heavy atom. The molecule has 1 N–H and O–H groups in total. The second kappa shape index (κ2) is 9.00. The molecule has 1 atom stereocenters. The number of hydrogen-bond acceptors (Lipinski definition) is 5. The van der Waals surface area contributed by atoms with Crippen molar-refractivity contribution in [2.45, 2.75) is 13.0 Å². The molecule has 4 rings (SSSR count). The summed E-state index contributed by atoms with van der Waals surface area (Å²) < 4.78 is 10.8. The second-order valence-electron chi connectivity index (χ2n) is 7.60. The monoisotopic (exact) mass is 463 g/mol. The van der Waals surface area contributed by atoms with Crippen LogP contribution in [0.2, 0.25) is 5.02 Å². The summed E-state index contributed by atoms with van der Waals surface area (Å²) in [5.41, 5.74) is 2.26. The van der Waals surface area contributed by atoms with Crippen molar-refractivity contribution >= 4 is 34.7 Å². The van der Waals surface area contributed by atoms with E-state index in [4.69, 9.17) is 21.1 Å². The van der Waals surface area contributed by atoms with E-state index in [1.54, 1.807) is 42.5 Å². The van der Waals surface area contributed by atoms with Crippen molar-refractivity contribution in [3.05, 3.63) is 94.0 Å². The number of aliphatic hydroxyl groups excluding tert-OH is 1. The van der Waals surface area contributed by atoms with Crippen LogP contribution in [0.1, 0.15) is 22.7 Å². The van der Waals surface area contributed by atoms with Crippen LogP contribution in [0, 0.1) is 6.92 Å². The van der Waals surface area contributed by atoms with Gasteiger partial charge in [-0.05, 0) is 48.9 Å². The summed E-state index contributed by atoms with van der Waals surface area (Å²) in [6.45, 7) is 1.92. The van der Waals surface area contributed by atoms with E-state index in [-0.39, 0.29) is 16.9 Å². The van der Waals surface area contributed by atoms with Crippen LogP contribution in [0.5, 0.6) is 11.5 Å². The first kappa shape index (κ1) is 22.4. The molecule has 1 amide bonds. The van der Waals surface area contributed by atoms with Gasteiger partial charge in [-0.25, -0.2) is 0 Å². The third-order valence-corrected chi connectivity index (χ3v) is 5.82. The zero-order valence-electron chi connectivity index (χ0n) is 18.3. The van der Waals surface area contributed by atoms with Gasteiger partial charge < -0.3 is 14.6 Å². The summed E-state index contributed by atoms with van der Waals surface area (Å²) in [5, 5.41) is 11.9. The van der Waals surface area contributed by atoms with E-state index >= 15 is 0 Å². The van der Waals surface area contributed by atoms with Gasteiger partial charge in [0.1, 0.15) is 22.8 Å². The third kappa shape index (κ3) is 3.94. The fourth-order valence-electron chi connectivity index (χ4n) is 4.08. The van der Waals surface area contributed by atoms with Crippen molar-refractivity contribution in [2.24, 2.45) is 0 Å². The van der Waals surface area contributed by atoms with E-state index in [9.17, 15) is 14.7 Å². The summed E-state index contributed by atoms with van der Waals surface area (Å²) in [5.74, 6) is -1.30. The molecule has 3 aromatic rings. The van der Waals surface area contributed by atoms with Crippen LogP contribution in [0.25, 0.3) is 5.76 Å². The van der Waals surface area contributed by atoms with Gasteiger partial charge in [-0.2, -0.15) is 0 Å². The van der Waals surface area contributed by atoms with Crippen molar-refractivity contribution in [3.8, 4) is 11.5 Å². The molecule has 1 aliphatic rings. The van der Waals surface area contributed by atoms with Crippen molar-refractivity contribution in [1.29, 1.82) is 0 Å². The molecule has 3 aromatic carbocycles. The minimum absolute atomic E-state index is 0.0525. The summed E-state index contributed by atoms with van der Waals surface area (Å²) in [6.07, 6.45) is 0. The molecule has 0 aromatic heterocycles. The largest absolute Gasteiger partial charge is 0.506 e. The number of carbonyl (C=O) groups is 2. The zero-order chi connectivity index (χ0) is 23.7. The van der Waals surface area contributed by atoms with Gasteiger partial charge in [0.15, 0.2) is 0 Å². The van der Waals surface area contributed by atoms with Gasteiger partial charge in [0, 0.05) is 10.7 Å². The maximum Gasteiger partial charge on any atom is 0.300 e. The van der Waals surface area contributed by atoms with Gasteiger partial charge in [-0.1, -0.05) is 47.5 Å². The number of nitrogens with zero attached hydrogens (tertiary/aromatic N) is 1. The standard InChI is InChI=1S/C26H22ClNO5/c1-15-6-4-7-16(14-15)23-22(24(29)21-19(32-2)8-5-9-20(21)33-3)25(30)26(31)28(23)18-12-10-17(27)11-13-18/h4-14,23,29H,1-3H3/b24-22+. The Bertz CT molecular complexity index is 1240. The maximum atomic E-state index is 13.3. The van der Waals surface area contributed by atoms with E-state index in [1.165, 1.54) is 19.1 Å². The van der Waals surface area contributed by atoms with Gasteiger partial charge in [0.05, 0.1) is 25.8 Å². The van der Waals surface area contributed by atoms with Crippen molar-refractivity contribution < 1.29 is 24.2 Å². The first-order valence-electron chi connectivity index (χ1n) is 10.2. The summed E-state index contributed by atoms with van der Waals surface area (Å²) in [7, 11) is 2.91. The van der Waals surface area contributed by atoms with Gasteiger partial charge in [0.25, 0.3) is 11.7 Å². The van der Waals surface area contributed by atoms with E-state index in [0.29, 0.717) is 27.8 Å². The van der Waals surface area contributed by atoms with Crippen LogP contribution in [-0.2, 0) is 9.59 Å². The summed E-state index contributed by atoms with van der Waals surface area (Å²) in [4.78, 5) is 27.9. The molecule has 1 heterocycles. The summed E-state index contributed by atoms with van der Waals surface area (Å²) >= 11 is 6.04. The van der Waals surface area contributed by atoms with Crippen LogP contribution < -0.4 is 14.4 Å². The number of aliphatic hydroxyl groups is 1. The Kier molecular flexibility index (Phi) is 6.11. The lowest BCUT2D eigenvalue weighted by Crippen LogP contribution is -2.29. The lowest BCUT2D eigenvalue weighted by Gasteiger charge is -2.26. The maximum absolute atomic E-state index is 13.3. The van der Waals surface area contributed by atoms with E-state index in [2.05, 4.69) is 0 Å². The van der Waals surface area contributed by atoms with Crippen LogP contribution in [0.3, 0.4) is 0 Å². The molecule has 0 saturated carbocycles. The van der Waals surface area contributed by atoms with E-state index < -0.39 is 17.7 Å². The number of ether oxygens (including phenoxy) is 2. The fourth-order valence-corrected chi connectivity index (χ4v) is 4.20. The van der Waals surface area contributed by atoms with Crippen LogP contribution in [0.15, 0.2) is 72.3 Å². The quantitative estimate of drug-likeness (QED) is 0.316. The minimum Gasteiger partial charge on any atom is -0.506 e. The number of carbonyl (C=O) groups excluding carboxylic acids is 2. The molecule has 0 bridgehead atoms. The number of ketones is 1. The Morgan fingerprint density at radius 1 is 0.939 bits per heavy atom. The number of hydrogen-bond donors (Lipinski definition) is 1. The predicted molar refractivity (Wildman–Crippen MR) is 127 cm³/mol. The molecular formula is C26H22ClNO5. The van der Waals surface area contributed by atoms with Crippen LogP contribution in [-0.4, -0.2) is 31.0 Å². The minimum atomic E-state index is -0.860. The molecule has 1 saturated heterocycles. The Balaban J connectivity index is 2.01. The Labute approximate surface area is 196 Å². The highest BCUT2D eigenvalue weighted by Gasteiger charge is 2.47. The van der Waals surface area contributed by atoms with Gasteiger partial charge >= 0.3 is 0 Å². The molecule has 168 valence electrons. The molecule has 0 aliphatic carbocycles. The SMILES string of the molecule is COc1cccc(OC)c1/C(O)=C1\C(=O)C(=O)N(c2ccc(Cl)cc2)C1c1cccc(C)c1. The number of benzene rings is 3. The lowest BCUT2D eigenvalue weighted by atomic mass is 9.93. The van der Waals surface area contributed by atoms with Gasteiger partial charge in [-0.3, -0.25) is 14.5 Å². The highest BCUT2D eigenvalue weighted by Crippen LogP contribution is 2.45. The van der Waals surface area contributed by atoms with E-state index in [0.717, 1.165) is 5.56 Å². The Morgan fingerprint density at radius 2 is 1.55 bits per heavy atom. The predicted octanol–water partition coefficient (Wildman–Crippen LogP) is 5.29. The molecule has 1 fully saturated rings. The number of methoxy groups -OCH3 is 2. The third-order valence-electron chi connectivity index (χ3n) is 5.57. The first-order valence-corrected chi connectivity index (χ1v) is 10.6. The zero-order valence-corrected chi connectivity index (χ0v) is 19.1. The highest BCUT2D eigenvalue weighted by molar-refractivity contribution is 6.51. The second-order valence-corrected chi connectivity index (χ2v) is 8.03. The Hall–Kier alpha value is -3.77. The van der Waals surface area contributed by atoms with Crippen molar-refractivity contribution in [2.75, 3.05) is 19.1 Å². The highest BCUT2D eigenvalue weighted by atomic mass is 35.5. The van der Waals surface area contributed by atoms with Crippen LogP contribution in [0.4, 0.5) is 5.69 Å². The fraction of sp³-hybridized carbons (Fsp3) is 0.154.